The molecule has 0 aliphatic heterocycles. The van der Waals surface area contributed by atoms with Gasteiger partial charge in [0.1, 0.15) is 5.75 Å². The van der Waals surface area contributed by atoms with E-state index < -0.39 is 12.2 Å². The van der Waals surface area contributed by atoms with Gasteiger partial charge < -0.3 is 36.4 Å². The summed E-state index contributed by atoms with van der Waals surface area (Å²) in [6.07, 6.45) is 0.880. The van der Waals surface area contributed by atoms with Crippen LogP contribution in [0, 0.1) is 0 Å². The van der Waals surface area contributed by atoms with E-state index in [0.717, 1.165) is 16.7 Å². The number of aromatic hydroxyl groups is 1. The van der Waals surface area contributed by atoms with Gasteiger partial charge in [0.2, 0.25) is 0 Å². The smallest absolute Gasteiger partial charge is 0.124 e. The van der Waals surface area contributed by atoms with Crippen molar-refractivity contribution in [1.82, 2.24) is 16.0 Å². The van der Waals surface area contributed by atoms with E-state index in [1.165, 1.54) is 0 Å². The highest BCUT2D eigenvalue weighted by Gasteiger charge is 2.12. The predicted molar refractivity (Wildman–Crippen MR) is 112 cm³/mol. The molecule has 0 amide bonds. The molecular weight excluding hydrogens is 358 g/mol. The van der Waals surface area contributed by atoms with Crippen LogP contribution in [0.3, 0.4) is 0 Å². The van der Waals surface area contributed by atoms with Gasteiger partial charge in [-0.2, -0.15) is 0 Å². The monoisotopic (exact) mass is 397 g/mol. The minimum atomic E-state index is -0.404. The molecule has 3 unspecified atom stereocenters. The summed E-state index contributed by atoms with van der Waals surface area (Å²) >= 11 is 0. The molecule has 0 bridgehead atoms. The maximum absolute atomic E-state index is 10.6. The van der Waals surface area contributed by atoms with Gasteiger partial charge in [-0.05, 0) is 37.0 Å². The number of phenolic OH excluding ortho intramolecular Hbond substituents is 1. The molecule has 0 saturated carbocycles. The van der Waals surface area contributed by atoms with E-state index in [1.54, 1.807) is 0 Å². The van der Waals surface area contributed by atoms with Gasteiger partial charge in [-0.1, -0.05) is 20.8 Å². The SMILES string of the molecule is CCC(O)CNCc1cc(CNCC(O)CC)c(O)c(CNCC(O)CC)c1. The van der Waals surface area contributed by atoms with E-state index in [4.69, 9.17) is 0 Å². The number of rotatable bonds is 15. The molecule has 1 aromatic carbocycles. The van der Waals surface area contributed by atoms with Crippen molar-refractivity contribution in [1.29, 1.82) is 0 Å². The highest BCUT2D eigenvalue weighted by Crippen LogP contribution is 2.25. The molecule has 0 aliphatic rings. The van der Waals surface area contributed by atoms with Crippen molar-refractivity contribution in [2.75, 3.05) is 19.6 Å². The Labute approximate surface area is 169 Å². The highest BCUT2D eigenvalue weighted by molar-refractivity contribution is 5.44. The van der Waals surface area contributed by atoms with E-state index in [1.807, 2.05) is 32.9 Å². The molecule has 7 N–H and O–H groups in total. The number of phenols is 1. The van der Waals surface area contributed by atoms with Gasteiger partial charge in [-0.15, -0.1) is 0 Å². The van der Waals surface area contributed by atoms with Gasteiger partial charge >= 0.3 is 0 Å². The van der Waals surface area contributed by atoms with Crippen molar-refractivity contribution in [2.24, 2.45) is 0 Å². The van der Waals surface area contributed by atoms with Crippen LogP contribution < -0.4 is 16.0 Å². The van der Waals surface area contributed by atoms with Crippen molar-refractivity contribution in [3.05, 3.63) is 28.8 Å². The molecule has 0 aromatic heterocycles. The van der Waals surface area contributed by atoms with Crippen LogP contribution in [0.5, 0.6) is 5.75 Å². The molecule has 1 aromatic rings. The van der Waals surface area contributed by atoms with Gasteiger partial charge in [-0.3, -0.25) is 0 Å². The fourth-order valence-electron chi connectivity index (χ4n) is 2.77. The van der Waals surface area contributed by atoms with Crippen LogP contribution in [-0.4, -0.2) is 58.4 Å². The normalized spacial score (nSPS) is 14.8. The molecule has 7 heteroatoms. The van der Waals surface area contributed by atoms with E-state index in [2.05, 4.69) is 16.0 Å². The Hall–Kier alpha value is -1.22. The van der Waals surface area contributed by atoms with Gasteiger partial charge in [-0.25, -0.2) is 0 Å². The van der Waals surface area contributed by atoms with Crippen LogP contribution in [0.25, 0.3) is 0 Å². The lowest BCUT2D eigenvalue weighted by Crippen LogP contribution is -2.28. The minimum Gasteiger partial charge on any atom is -0.507 e. The predicted octanol–water partition coefficient (Wildman–Crippen LogP) is 0.974. The lowest BCUT2D eigenvalue weighted by molar-refractivity contribution is 0.167. The Bertz CT molecular complexity index is 519. The van der Waals surface area contributed by atoms with E-state index in [0.29, 0.717) is 58.5 Å². The third kappa shape index (κ3) is 9.32. The summed E-state index contributed by atoms with van der Waals surface area (Å²) in [6.45, 7) is 8.75. The van der Waals surface area contributed by atoms with E-state index >= 15 is 0 Å². The van der Waals surface area contributed by atoms with Crippen LogP contribution in [0.1, 0.15) is 56.7 Å². The van der Waals surface area contributed by atoms with Crippen LogP contribution in [-0.2, 0) is 19.6 Å². The lowest BCUT2D eigenvalue weighted by atomic mass is 10.0. The van der Waals surface area contributed by atoms with Gasteiger partial charge in [0.25, 0.3) is 0 Å². The number of benzene rings is 1. The van der Waals surface area contributed by atoms with Gasteiger partial charge in [0.05, 0.1) is 18.3 Å². The number of nitrogens with one attached hydrogen (secondary N) is 3. The fourth-order valence-corrected chi connectivity index (χ4v) is 2.77. The largest absolute Gasteiger partial charge is 0.507 e. The molecule has 0 fully saturated rings. The topological polar surface area (TPSA) is 117 Å². The molecule has 0 heterocycles. The molecule has 0 radical (unpaired) electrons. The maximum atomic E-state index is 10.6. The van der Waals surface area contributed by atoms with Crippen LogP contribution in [0.4, 0.5) is 0 Å². The molecule has 7 nitrogen and oxygen atoms in total. The Balaban J connectivity index is 2.82. The first-order valence-corrected chi connectivity index (χ1v) is 10.4. The molecule has 162 valence electrons. The third-order valence-electron chi connectivity index (χ3n) is 4.84. The van der Waals surface area contributed by atoms with Crippen molar-refractivity contribution >= 4 is 0 Å². The van der Waals surface area contributed by atoms with Crippen molar-refractivity contribution in [3.63, 3.8) is 0 Å². The van der Waals surface area contributed by atoms with Crippen LogP contribution in [0.15, 0.2) is 12.1 Å². The quantitative estimate of drug-likeness (QED) is 0.236. The summed E-state index contributed by atoms with van der Waals surface area (Å²) < 4.78 is 0. The zero-order valence-corrected chi connectivity index (χ0v) is 17.5. The summed E-state index contributed by atoms with van der Waals surface area (Å²) in [7, 11) is 0. The maximum Gasteiger partial charge on any atom is 0.124 e. The second-order valence-electron chi connectivity index (χ2n) is 7.34. The average molecular weight is 398 g/mol. The minimum absolute atomic E-state index is 0.231. The zero-order valence-electron chi connectivity index (χ0n) is 17.5. The van der Waals surface area contributed by atoms with Crippen LogP contribution >= 0.6 is 0 Å². The summed E-state index contributed by atoms with van der Waals surface area (Å²) in [5.74, 6) is 0.231. The second-order valence-corrected chi connectivity index (χ2v) is 7.34. The third-order valence-corrected chi connectivity index (χ3v) is 4.84. The number of hydrogen-bond acceptors (Lipinski definition) is 7. The first-order chi connectivity index (χ1) is 13.4. The molecule has 1 rings (SSSR count). The second kappa shape index (κ2) is 13.9. The Morgan fingerprint density at radius 2 is 1.04 bits per heavy atom. The standard InChI is InChI=1S/C21H39N3O4/c1-4-18(25)12-22-9-15-7-16(10-23-13-19(26)5-2)21(28)17(8-15)11-24-14-20(27)6-3/h7-8,18-20,22-28H,4-6,9-14H2,1-3H3. The number of aliphatic hydroxyl groups is 3. The van der Waals surface area contributed by atoms with Gasteiger partial charge in [0.15, 0.2) is 0 Å². The Morgan fingerprint density at radius 1 is 0.679 bits per heavy atom. The fraction of sp³-hybridized carbons (Fsp3) is 0.714. The van der Waals surface area contributed by atoms with Crippen molar-refractivity contribution in [2.45, 2.75) is 78.0 Å². The Morgan fingerprint density at radius 3 is 1.39 bits per heavy atom. The van der Waals surface area contributed by atoms with E-state index in [9.17, 15) is 20.4 Å². The zero-order chi connectivity index (χ0) is 20.9. The van der Waals surface area contributed by atoms with Crippen molar-refractivity contribution < 1.29 is 20.4 Å². The number of aliphatic hydroxyl groups excluding tert-OH is 3. The highest BCUT2D eigenvalue weighted by atomic mass is 16.3. The summed E-state index contributed by atoms with van der Waals surface area (Å²) in [6, 6.07) is 3.88. The molecule has 3 atom stereocenters. The van der Waals surface area contributed by atoms with Crippen molar-refractivity contribution in [3.8, 4) is 5.75 Å². The molecular formula is C21H39N3O4. The molecule has 0 aliphatic carbocycles. The number of hydrogen-bond donors (Lipinski definition) is 7. The lowest BCUT2D eigenvalue weighted by Gasteiger charge is -2.17. The molecule has 28 heavy (non-hydrogen) atoms. The average Bonchev–Trinajstić information content (AvgIpc) is 2.70. The summed E-state index contributed by atoms with van der Waals surface area (Å²) in [5.41, 5.74) is 2.56. The van der Waals surface area contributed by atoms with Gasteiger partial charge in [0, 0.05) is 50.4 Å². The van der Waals surface area contributed by atoms with E-state index in [-0.39, 0.29) is 11.9 Å². The first-order valence-electron chi connectivity index (χ1n) is 10.4. The summed E-state index contributed by atoms with van der Waals surface area (Å²) in [5, 5.41) is 49.4. The first kappa shape index (κ1) is 24.8. The van der Waals surface area contributed by atoms with Crippen LogP contribution in [0.2, 0.25) is 0 Å². The Kier molecular flexibility index (Phi) is 12.3. The molecule has 0 spiro atoms. The molecule has 0 saturated heterocycles. The summed E-state index contributed by atoms with van der Waals surface area (Å²) in [4.78, 5) is 0.